The van der Waals surface area contributed by atoms with Gasteiger partial charge in [0.1, 0.15) is 5.75 Å². The minimum Gasteiger partial charge on any atom is -0.431 e. The lowest BCUT2D eigenvalue weighted by Crippen LogP contribution is -2.34. The first kappa shape index (κ1) is 29.1. The van der Waals surface area contributed by atoms with Gasteiger partial charge in [-0.2, -0.15) is 8.78 Å². The van der Waals surface area contributed by atoms with Crippen LogP contribution < -0.4 is 4.74 Å². The molecule has 0 radical (unpaired) electrons. The Bertz CT molecular complexity index is 1180. The Morgan fingerprint density at radius 3 is 1.85 bits per heavy atom. The van der Waals surface area contributed by atoms with E-state index in [1.807, 2.05) is 19.1 Å². The molecule has 0 unspecified atom stereocenters. The summed E-state index contributed by atoms with van der Waals surface area (Å²) in [5, 5.41) is 0. The van der Waals surface area contributed by atoms with Gasteiger partial charge in [-0.1, -0.05) is 88.1 Å². The maximum absolute atomic E-state index is 15.0. The highest BCUT2D eigenvalue weighted by atomic mass is 19.3. The molecule has 210 valence electrons. The molecule has 0 N–H and O–H groups in total. The van der Waals surface area contributed by atoms with E-state index in [9.17, 15) is 17.6 Å². The van der Waals surface area contributed by atoms with E-state index in [1.165, 1.54) is 62.1 Å². The van der Waals surface area contributed by atoms with Crippen molar-refractivity contribution in [2.24, 2.45) is 5.92 Å². The third-order valence-electron chi connectivity index (χ3n) is 7.68. The quantitative estimate of drug-likeness (QED) is 0.167. The van der Waals surface area contributed by atoms with Crippen molar-refractivity contribution in [1.82, 2.24) is 0 Å². The topological polar surface area (TPSA) is 18.5 Å². The van der Waals surface area contributed by atoms with Crippen molar-refractivity contribution < 1.29 is 27.0 Å². The molecule has 2 nitrogen and oxygen atoms in total. The molecule has 0 atom stereocenters. The van der Waals surface area contributed by atoms with E-state index in [0.29, 0.717) is 17.0 Å². The van der Waals surface area contributed by atoms with Crippen LogP contribution in [0, 0.1) is 17.6 Å². The van der Waals surface area contributed by atoms with Crippen LogP contribution in [0.2, 0.25) is 0 Å². The van der Waals surface area contributed by atoms with Crippen LogP contribution in [0.3, 0.4) is 0 Å². The zero-order valence-corrected chi connectivity index (χ0v) is 22.8. The molecule has 0 saturated heterocycles. The Labute approximate surface area is 229 Å². The number of unbranched alkanes of at least 4 members (excludes halogenated alkanes) is 2. The molecule has 0 heterocycles. The molecular weight excluding hydrogens is 504 g/mol. The summed E-state index contributed by atoms with van der Waals surface area (Å²) in [6, 6.07) is 15.9. The van der Waals surface area contributed by atoms with Crippen molar-refractivity contribution in [2.75, 3.05) is 6.61 Å². The highest BCUT2D eigenvalue weighted by molar-refractivity contribution is 5.72. The van der Waals surface area contributed by atoms with E-state index >= 15 is 0 Å². The molecule has 1 saturated carbocycles. The van der Waals surface area contributed by atoms with E-state index in [2.05, 4.69) is 6.92 Å². The van der Waals surface area contributed by atoms with Gasteiger partial charge in [0, 0.05) is 11.1 Å². The van der Waals surface area contributed by atoms with Crippen molar-refractivity contribution in [1.29, 1.82) is 0 Å². The highest BCUT2D eigenvalue weighted by Crippen LogP contribution is 2.34. The molecule has 0 aliphatic heterocycles. The minimum absolute atomic E-state index is 0.0494. The van der Waals surface area contributed by atoms with Crippen LogP contribution in [0.4, 0.5) is 17.6 Å². The second-order valence-corrected chi connectivity index (χ2v) is 10.6. The van der Waals surface area contributed by atoms with Crippen LogP contribution in [0.25, 0.3) is 22.3 Å². The van der Waals surface area contributed by atoms with Gasteiger partial charge in [0.2, 0.25) is 0 Å². The molecule has 0 amide bonds. The van der Waals surface area contributed by atoms with E-state index in [1.54, 1.807) is 12.1 Å². The lowest BCUT2D eigenvalue weighted by Gasteiger charge is -2.29. The smallest absolute Gasteiger partial charge is 0.421 e. The monoisotopic (exact) mass is 542 g/mol. The molecule has 1 fully saturated rings. The fraction of sp³-hybridized carbons (Fsp3) is 0.455. The van der Waals surface area contributed by atoms with Crippen molar-refractivity contribution in [3.05, 3.63) is 77.9 Å². The SMILES string of the molecule is CCCCCC1CCC(OCC(F)(F)Oc2ccc(-c3ccc(-c4ccc(CC)cc4)c(F)c3F)cc2)CC1. The number of alkyl halides is 2. The van der Waals surface area contributed by atoms with Gasteiger partial charge in [0.25, 0.3) is 0 Å². The second kappa shape index (κ2) is 13.5. The summed E-state index contributed by atoms with van der Waals surface area (Å²) in [4.78, 5) is 0. The maximum Gasteiger partial charge on any atom is 0.421 e. The van der Waals surface area contributed by atoms with Gasteiger partial charge >= 0.3 is 6.11 Å². The predicted molar refractivity (Wildman–Crippen MR) is 148 cm³/mol. The first-order valence-corrected chi connectivity index (χ1v) is 14.2. The molecule has 3 aromatic rings. The Hall–Kier alpha value is -2.86. The molecule has 1 aliphatic carbocycles. The van der Waals surface area contributed by atoms with Crippen molar-refractivity contribution in [3.63, 3.8) is 0 Å². The highest BCUT2D eigenvalue weighted by Gasteiger charge is 2.34. The summed E-state index contributed by atoms with van der Waals surface area (Å²) in [6.45, 7) is 3.39. The first-order valence-electron chi connectivity index (χ1n) is 14.2. The molecule has 1 aliphatic rings. The minimum atomic E-state index is -3.49. The molecule has 0 spiro atoms. The summed E-state index contributed by atoms with van der Waals surface area (Å²) in [7, 11) is 0. The average Bonchev–Trinajstić information content (AvgIpc) is 2.95. The lowest BCUT2D eigenvalue weighted by molar-refractivity contribution is -0.222. The van der Waals surface area contributed by atoms with Crippen LogP contribution in [0.15, 0.2) is 60.7 Å². The molecule has 39 heavy (non-hydrogen) atoms. The molecular formula is C33H38F4O2. The Morgan fingerprint density at radius 1 is 0.744 bits per heavy atom. The molecule has 3 aromatic carbocycles. The van der Waals surface area contributed by atoms with E-state index in [4.69, 9.17) is 9.47 Å². The first-order chi connectivity index (χ1) is 18.8. The summed E-state index contributed by atoms with van der Waals surface area (Å²) in [6.07, 6.45) is 5.72. The predicted octanol–water partition coefficient (Wildman–Crippen LogP) is 9.99. The summed E-state index contributed by atoms with van der Waals surface area (Å²) in [5.74, 6) is -1.33. The van der Waals surface area contributed by atoms with Crippen LogP contribution in [0.5, 0.6) is 5.75 Å². The number of hydrogen-bond acceptors (Lipinski definition) is 2. The van der Waals surface area contributed by atoms with E-state index in [-0.39, 0.29) is 23.0 Å². The molecule has 4 rings (SSSR count). The van der Waals surface area contributed by atoms with Crippen LogP contribution in [-0.4, -0.2) is 18.8 Å². The van der Waals surface area contributed by atoms with Crippen molar-refractivity contribution in [2.45, 2.75) is 83.8 Å². The van der Waals surface area contributed by atoms with Gasteiger partial charge in [0.15, 0.2) is 18.2 Å². The third-order valence-corrected chi connectivity index (χ3v) is 7.68. The van der Waals surface area contributed by atoms with Crippen LogP contribution in [-0.2, 0) is 11.2 Å². The van der Waals surface area contributed by atoms with Gasteiger partial charge in [-0.15, -0.1) is 0 Å². The number of rotatable bonds is 12. The number of halogens is 4. The summed E-state index contributed by atoms with van der Waals surface area (Å²) in [5.41, 5.74) is 2.28. The standard InChI is InChI=1S/C33H38F4O2/c1-3-5-6-7-24-10-16-27(17-11-24)38-22-33(36,37)39-28-18-14-26(15-19-28)30-21-20-29(31(34)32(30)35)25-12-8-23(4-2)9-13-25/h8-9,12-15,18-21,24,27H,3-7,10-11,16-17,22H2,1-2H3. The molecule has 6 heteroatoms. The fourth-order valence-electron chi connectivity index (χ4n) is 5.30. The van der Waals surface area contributed by atoms with Crippen molar-refractivity contribution >= 4 is 0 Å². The van der Waals surface area contributed by atoms with E-state index in [0.717, 1.165) is 37.7 Å². The Kier molecular flexibility index (Phi) is 10.1. The van der Waals surface area contributed by atoms with Gasteiger partial charge < -0.3 is 9.47 Å². The zero-order chi connectivity index (χ0) is 27.8. The Balaban J connectivity index is 1.32. The second-order valence-electron chi connectivity index (χ2n) is 10.6. The average molecular weight is 543 g/mol. The normalized spacial score (nSPS) is 17.8. The number of hydrogen-bond donors (Lipinski definition) is 0. The Morgan fingerprint density at radius 2 is 1.31 bits per heavy atom. The zero-order valence-electron chi connectivity index (χ0n) is 22.8. The number of benzene rings is 3. The fourth-order valence-corrected chi connectivity index (χ4v) is 5.30. The summed E-state index contributed by atoms with van der Waals surface area (Å²) >= 11 is 0. The number of ether oxygens (including phenoxy) is 2. The molecule has 0 aromatic heterocycles. The molecule has 0 bridgehead atoms. The van der Waals surface area contributed by atoms with Crippen LogP contribution in [0.1, 0.15) is 70.8 Å². The van der Waals surface area contributed by atoms with Gasteiger partial charge in [0.05, 0.1) is 6.10 Å². The van der Waals surface area contributed by atoms with Gasteiger partial charge in [-0.25, -0.2) is 8.78 Å². The number of aryl methyl sites for hydroxylation is 1. The maximum atomic E-state index is 15.0. The van der Waals surface area contributed by atoms with Crippen molar-refractivity contribution in [3.8, 4) is 28.0 Å². The van der Waals surface area contributed by atoms with Gasteiger partial charge in [-0.05, 0) is 66.8 Å². The van der Waals surface area contributed by atoms with Gasteiger partial charge in [-0.3, -0.25) is 0 Å². The summed E-state index contributed by atoms with van der Waals surface area (Å²) < 4.78 is 69.3. The lowest BCUT2D eigenvalue weighted by atomic mass is 9.84. The van der Waals surface area contributed by atoms with E-state index < -0.39 is 24.3 Å². The third kappa shape index (κ3) is 7.84. The largest absolute Gasteiger partial charge is 0.431 e. The van der Waals surface area contributed by atoms with Crippen LogP contribution >= 0.6 is 0 Å².